The summed E-state index contributed by atoms with van der Waals surface area (Å²) in [6, 6.07) is 6.81. The van der Waals surface area contributed by atoms with E-state index in [1.807, 2.05) is 19.1 Å². The predicted molar refractivity (Wildman–Crippen MR) is 76.0 cm³/mol. The van der Waals surface area contributed by atoms with Crippen LogP contribution in [-0.2, 0) is 6.54 Å². The summed E-state index contributed by atoms with van der Waals surface area (Å²) in [6.45, 7) is 4.30. The lowest BCUT2D eigenvalue weighted by Crippen LogP contribution is -2.12. The van der Waals surface area contributed by atoms with Crippen molar-refractivity contribution in [3.05, 3.63) is 51.0 Å². The van der Waals surface area contributed by atoms with Crippen molar-refractivity contribution in [3.8, 4) is 0 Å². The van der Waals surface area contributed by atoms with Crippen LogP contribution in [0.4, 0.5) is 10.1 Å². The van der Waals surface area contributed by atoms with Gasteiger partial charge >= 0.3 is 0 Å². The number of carbonyl (C=O) groups is 1. The van der Waals surface area contributed by atoms with Gasteiger partial charge in [-0.1, -0.05) is 0 Å². The van der Waals surface area contributed by atoms with Gasteiger partial charge in [0.05, 0.1) is 0 Å². The molecule has 0 bridgehead atoms. The molecule has 0 aliphatic carbocycles. The summed E-state index contributed by atoms with van der Waals surface area (Å²) in [6.07, 6.45) is 0. The molecule has 3 N–H and O–H groups in total. The summed E-state index contributed by atoms with van der Waals surface area (Å²) >= 11 is 1.68. The van der Waals surface area contributed by atoms with E-state index in [9.17, 15) is 9.18 Å². The highest BCUT2D eigenvalue weighted by atomic mass is 32.1. The van der Waals surface area contributed by atoms with Crippen LogP contribution < -0.4 is 11.1 Å². The number of nitrogens with two attached hydrogens (primary N) is 1. The number of carbonyl (C=O) groups excluding carboxylic acids is 1. The average molecular weight is 278 g/mol. The van der Waals surface area contributed by atoms with E-state index in [1.165, 1.54) is 4.88 Å². The highest BCUT2D eigenvalue weighted by molar-refractivity contribution is 7.11. The molecule has 0 aliphatic rings. The molecule has 0 aliphatic heterocycles. The molecule has 1 aromatic heterocycles. The summed E-state index contributed by atoms with van der Waals surface area (Å²) < 4.78 is 13.7. The standard InChI is InChI=1S/C14H15FN2OS/c1-8-3-4-11(19-8)7-17-13-6-10(14(16)18)5-12(15)9(13)2/h3-6,17H,7H2,1-2H3,(H2,16,18). The van der Waals surface area contributed by atoms with Gasteiger partial charge in [0.1, 0.15) is 5.82 Å². The number of rotatable bonds is 4. The summed E-state index contributed by atoms with van der Waals surface area (Å²) in [4.78, 5) is 13.5. The molecule has 5 heteroatoms. The van der Waals surface area contributed by atoms with Crippen molar-refractivity contribution < 1.29 is 9.18 Å². The molecule has 0 saturated carbocycles. The van der Waals surface area contributed by atoms with E-state index in [4.69, 9.17) is 5.73 Å². The van der Waals surface area contributed by atoms with Crippen molar-refractivity contribution in [2.45, 2.75) is 20.4 Å². The first-order valence-corrected chi connectivity index (χ1v) is 6.68. The third-order valence-corrected chi connectivity index (χ3v) is 3.88. The molecule has 0 fully saturated rings. The Hall–Kier alpha value is -1.88. The molecule has 1 heterocycles. The second kappa shape index (κ2) is 5.40. The lowest BCUT2D eigenvalue weighted by Gasteiger charge is -2.11. The number of aryl methyl sites for hydroxylation is 1. The van der Waals surface area contributed by atoms with Gasteiger partial charge in [-0.15, -0.1) is 11.3 Å². The third-order valence-electron chi connectivity index (χ3n) is 2.88. The molecule has 2 aromatic rings. The maximum atomic E-state index is 13.7. The van der Waals surface area contributed by atoms with Crippen LogP contribution in [0.1, 0.15) is 25.7 Å². The van der Waals surface area contributed by atoms with Crippen molar-refractivity contribution >= 4 is 22.9 Å². The average Bonchev–Trinajstić information content (AvgIpc) is 2.76. The van der Waals surface area contributed by atoms with E-state index < -0.39 is 11.7 Å². The third kappa shape index (κ3) is 3.12. The number of hydrogen-bond donors (Lipinski definition) is 2. The Kier molecular flexibility index (Phi) is 3.85. The van der Waals surface area contributed by atoms with Crippen LogP contribution in [0, 0.1) is 19.7 Å². The molecule has 1 amide bonds. The topological polar surface area (TPSA) is 55.1 Å². The van der Waals surface area contributed by atoms with Gasteiger partial charge in [-0.3, -0.25) is 4.79 Å². The Morgan fingerprint density at radius 3 is 2.68 bits per heavy atom. The molecule has 0 unspecified atom stereocenters. The van der Waals surface area contributed by atoms with Crippen molar-refractivity contribution in [1.82, 2.24) is 0 Å². The quantitative estimate of drug-likeness (QED) is 0.902. The molecule has 0 atom stereocenters. The van der Waals surface area contributed by atoms with Gasteiger partial charge in [-0.05, 0) is 38.1 Å². The lowest BCUT2D eigenvalue weighted by molar-refractivity contribution is 0.1000. The molecular formula is C14H15FN2OS. The van der Waals surface area contributed by atoms with E-state index >= 15 is 0 Å². The molecule has 2 rings (SSSR count). The Bertz CT molecular complexity index is 622. The smallest absolute Gasteiger partial charge is 0.248 e. The van der Waals surface area contributed by atoms with Gasteiger partial charge in [0.15, 0.2) is 0 Å². The fourth-order valence-electron chi connectivity index (χ4n) is 1.77. The first-order chi connectivity index (χ1) is 8.97. The minimum absolute atomic E-state index is 0.174. The summed E-state index contributed by atoms with van der Waals surface area (Å²) in [5, 5.41) is 3.14. The number of nitrogens with one attached hydrogen (secondary N) is 1. The maximum absolute atomic E-state index is 13.7. The molecule has 100 valence electrons. The van der Waals surface area contributed by atoms with Gasteiger partial charge in [0.2, 0.25) is 5.91 Å². The Balaban J connectivity index is 2.21. The molecular weight excluding hydrogens is 263 g/mol. The van der Waals surface area contributed by atoms with Crippen LogP contribution in [0.3, 0.4) is 0 Å². The Labute approximate surface area is 115 Å². The Morgan fingerprint density at radius 1 is 1.37 bits per heavy atom. The Morgan fingerprint density at radius 2 is 2.11 bits per heavy atom. The number of benzene rings is 1. The van der Waals surface area contributed by atoms with Crippen molar-refractivity contribution in [1.29, 1.82) is 0 Å². The highest BCUT2D eigenvalue weighted by Crippen LogP contribution is 2.23. The number of halogens is 1. The fourth-order valence-corrected chi connectivity index (χ4v) is 2.60. The molecule has 1 aromatic carbocycles. The first kappa shape index (κ1) is 13.5. The number of thiophene rings is 1. The normalized spacial score (nSPS) is 10.5. The van der Waals surface area contributed by atoms with E-state index in [0.29, 0.717) is 17.8 Å². The number of anilines is 1. The zero-order chi connectivity index (χ0) is 14.0. The largest absolute Gasteiger partial charge is 0.380 e. The first-order valence-electron chi connectivity index (χ1n) is 5.86. The summed E-state index contributed by atoms with van der Waals surface area (Å²) in [5.74, 6) is -1.06. The van der Waals surface area contributed by atoms with Gasteiger partial charge in [-0.25, -0.2) is 4.39 Å². The van der Waals surface area contributed by atoms with Gasteiger partial charge in [0.25, 0.3) is 0 Å². The molecule has 0 spiro atoms. The van der Waals surface area contributed by atoms with E-state index in [2.05, 4.69) is 5.32 Å². The van der Waals surface area contributed by atoms with Crippen LogP contribution in [-0.4, -0.2) is 5.91 Å². The highest BCUT2D eigenvalue weighted by Gasteiger charge is 2.10. The lowest BCUT2D eigenvalue weighted by atomic mass is 10.1. The van der Waals surface area contributed by atoms with E-state index in [0.717, 1.165) is 10.9 Å². The van der Waals surface area contributed by atoms with Crippen LogP contribution in [0.5, 0.6) is 0 Å². The number of hydrogen-bond acceptors (Lipinski definition) is 3. The SMILES string of the molecule is Cc1ccc(CNc2cc(C(N)=O)cc(F)c2C)s1. The molecule has 0 radical (unpaired) electrons. The minimum atomic E-state index is -0.631. The van der Waals surface area contributed by atoms with Crippen molar-refractivity contribution in [3.63, 3.8) is 0 Å². The van der Waals surface area contributed by atoms with Crippen LogP contribution in [0.15, 0.2) is 24.3 Å². The molecule has 19 heavy (non-hydrogen) atoms. The molecule has 3 nitrogen and oxygen atoms in total. The second-order valence-corrected chi connectivity index (χ2v) is 5.73. The van der Waals surface area contributed by atoms with Crippen molar-refractivity contribution in [2.75, 3.05) is 5.32 Å². The van der Waals surface area contributed by atoms with Crippen LogP contribution >= 0.6 is 11.3 Å². The van der Waals surface area contributed by atoms with Crippen LogP contribution in [0.2, 0.25) is 0 Å². The van der Waals surface area contributed by atoms with Crippen molar-refractivity contribution in [2.24, 2.45) is 5.73 Å². The minimum Gasteiger partial charge on any atom is -0.380 e. The summed E-state index contributed by atoms with van der Waals surface area (Å²) in [5.41, 5.74) is 6.44. The van der Waals surface area contributed by atoms with E-state index in [-0.39, 0.29) is 5.56 Å². The zero-order valence-electron chi connectivity index (χ0n) is 10.8. The number of primary amides is 1. The fraction of sp³-hybridized carbons (Fsp3) is 0.214. The van der Waals surface area contributed by atoms with Gasteiger partial charge in [-0.2, -0.15) is 0 Å². The molecule has 0 saturated heterocycles. The number of amides is 1. The van der Waals surface area contributed by atoms with Gasteiger partial charge < -0.3 is 11.1 Å². The maximum Gasteiger partial charge on any atom is 0.248 e. The zero-order valence-corrected chi connectivity index (χ0v) is 11.6. The summed E-state index contributed by atoms with van der Waals surface area (Å²) in [7, 11) is 0. The monoisotopic (exact) mass is 278 g/mol. The van der Waals surface area contributed by atoms with Crippen LogP contribution in [0.25, 0.3) is 0 Å². The van der Waals surface area contributed by atoms with Gasteiger partial charge in [0, 0.05) is 33.1 Å². The van der Waals surface area contributed by atoms with E-state index in [1.54, 1.807) is 24.3 Å². The second-order valence-electron chi connectivity index (χ2n) is 4.36. The predicted octanol–water partition coefficient (Wildman–Crippen LogP) is 3.22.